The molecule has 1 unspecified atom stereocenters. The number of hydrogen-bond donors (Lipinski definition) is 4. The summed E-state index contributed by atoms with van der Waals surface area (Å²) in [6.07, 6.45) is -3.89. The van der Waals surface area contributed by atoms with Gasteiger partial charge in [0.05, 0.1) is 13.2 Å². The van der Waals surface area contributed by atoms with Crippen molar-refractivity contribution in [3.05, 3.63) is 60.7 Å². The van der Waals surface area contributed by atoms with E-state index in [0.717, 1.165) is 12.8 Å². The summed E-state index contributed by atoms with van der Waals surface area (Å²) in [5.41, 5.74) is -2.33. The zero-order valence-electron chi connectivity index (χ0n) is 21.1. The molecule has 16 heteroatoms. The number of halogens is 2. The number of hydrogen-bond acceptors (Lipinski definition) is 10. The molecule has 1 aliphatic rings. The minimum Gasteiger partial charge on any atom is -0.465 e. The summed E-state index contributed by atoms with van der Waals surface area (Å²) in [5.74, 6) is -1.82. The number of esters is 1. The predicted molar refractivity (Wildman–Crippen MR) is 144 cm³/mol. The number of aromatic nitrogens is 2. The van der Waals surface area contributed by atoms with Gasteiger partial charge < -0.3 is 24.2 Å². The zero-order chi connectivity index (χ0) is 28.7. The Balaban J connectivity index is 1.75. The van der Waals surface area contributed by atoms with Gasteiger partial charge in [-0.05, 0) is 48.1 Å². The van der Waals surface area contributed by atoms with E-state index in [-0.39, 0.29) is 12.4 Å². The number of aliphatic hydroxyl groups excluding tert-OH is 2. The van der Waals surface area contributed by atoms with E-state index in [1.807, 2.05) is 6.92 Å². The van der Waals surface area contributed by atoms with E-state index in [1.54, 1.807) is 23.2 Å². The molecule has 3 rings (SSSR count). The highest BCUT2D eigenvalue weighted by Crippen LogP contribution is 2.46. The lowest BCUT2D eigenvalue weighted by Crippen LogP contribution is -2.41. The smallest absolute Gasteiger partial charge is 0.459 e. The van der Waals surface area contributed by atoms with Gasteiger partial charge in [-0.15, -0.1) is 0 Å². The fraction of sp³-hybridized carbons (Fsp3) is 0.522. The molecule has 2 heterocycles. The molecule has 39 heavy (non-hydrogen) atoms. The molecule has 2 aromatic rings. The van der Waals surface area contributed by atoms with Crippen LogP contribution in [0.4, 0.5) is 4.39 Å². The van der Waals surface area contributed by atoms with E-state index < -0.39 is 71.7 Å². The van der Waals surface area contributed by atoms with Crippen molar-refractivity contribution in [2.24, 2.45) is 0 Å². The number of para-hydroxylation sites is 1. The van der Waals surface area contributed by atoms with Gasteiger partial charge in [0.1, 0.15) is 33.8 Å². The second-order valence-electron chi connectivity index (χ2n) is 8.70. The highest BCUT2D eigenvalue weighted by atomic mass is 127. The summed E-state index contributed by atoms with van der Waals surface area (Å²) in [4.78, 5) is 38.0. The molecule has 1 aromatic carbocycles. The largest absolute Gasteiger partial charge is 0.465 e. The highest BCUT2D eigenvalue weighted by molar-refractivity contribution is 14.1. The molecule has 1 aliphatic heterocycles. The van der Waals surface area contributed by atoms with E-state index >= 15 is 0 Å². The SMILES string of the molecule is CCCCCOC(=O)[C@H](C)NP(=O)(OC[C@H]1O[C@@H](n2c(I)c(F)c(=O)[nH]c2=O)[C@H](O)[C@@H]1O)Oc1ccccc1. The highest BCUT2D eigenvalue weighted by Gasteiger charge is 2.46. The topological polar surface area (TPSA) is 178 Å². The molecule has 1 saturated heterocycles. The number of unbranched alkanes of at least 4 members (excludes halogenated alkanes) is 2. The first-order chi connectivity index (χ1) is 18.5. The van der Waals surface area contributed by atoms with Crippen LogP contribution in [0.5, 0.6) is 5.75 Å². The number of ether oxygens (including phenoxy) is 2. The van der Waals surface area contributed by atoms with Crippen LogP contribution in [0.25, 0.3) is 0 Å². The standard InChI is InChI=1S/C23H30FIN3O10P/c1-3-4-8-11-35-22(32)13(2)27-39(34,38-14-9-6-5-7-10-14)36-12-15-17(29)18(30)21(37-15)28-19(25)16(24)20(31)26-23(28)33/h5-7,9-10,13,15,17-18,21,29-30H,3-4,8,11-12H2,1-2H3,(H,27,34)(H,26,31,33)/t13-,15+,17+,18+,21+,39?/m0/s1. The van der Waals surface area contributed by atoms with Crippen molar-refractivity contribution in [3.8, 4) is 5.75 Å². The van der Waals surface area contributed by atoms with E-state index in [1.165, 1.54) is 41.6 Å². The van der Waals surface area contributed by atoms with E-state index in [0.29, 0.717) is 11.0 Å². The molecule has 216 valence electrons. The fourth-order valence-corrected chi connectivity index (χ4v) is 5.87. The van der Waals surface area contributed by atoms with Crippen LogP contribution in [-0.4, -0.2) is 63.3 Å². The number of nitrogens with zero attached hydrogens (tertiary/aromatic N) is 1. The van der Waals surface area contributed by atoms with Gasteiger partial charge in [0.2, 0.25) is 5.82 Å². The number of nitrogens with one attached hydrogen (secondary N) is 2. The molecular weight excluding hydrogens is 655 g/mol. The van der Waals surface area contributed by atoms with Crippen molar-refractivity contribution >= 4 is 36.3 Å². The second-order valence-corrected chi connectivity index (χ2v) is 11.4. The number of H-pyrrole nitrogens is 1. The first-order valence-electron chi connectivity index (χ1n) is 12.1. The zero-order valence-corrected chi connectivity index (χ0v) is 24.2. The monoisotopic (exact) mass is 685 g/mol. The average Bonchev–Trinajstić information content (AvgIpc) is 3.17. The molecule has 6 atom stereocenters. The van der Waals surface area contributed by atoms with Crippen LogP contribution in [-0.2, 0) is 23.4 Å². The Morgan fingerprint density at radius 1 is 1.26 bits per heavy atom. The number of rotatable bonds is 13. The van der Waals surface area contributed by atoms with Crippen LogP contribution in [0.2, 0.25) is 0 Å². The van der Waals surface area contributed by atoms with Crippen LogP contribution in [0, 0.1) is 9.52 Å². The molecule has 13 nitrogen and oxygen atoms in total. The first-order valence-corrected chi connectivity index (χ1v) is 14.7. The lowest BCUT2D eigenvalue weighted by atomic mass is 10.1. The quantitative estimate of drug-likeness (QED) is 0.0795. The van der Waals surface area contributed by atoms with Gasteiger partial charge in [0.25, 0.3) is 5.56 Å². The van der Waals surface area contributed by atoms with Crippen LogP contribution in [0.3, 0.4) is 0 Å². The maximum Gasteiger partial charge on any atom is 0.459 e. The maximum atomic E-state index is 14.1. The van der Waals surface area contributed by atoms with Gasteiger partial charge in [-0.2, -0.15) is 9.48 Å². The molecule has 0 amide bonds. The number of aliphatic hydroxyl groups is 2. The first kappa shape index (κ1) is 31.4. The molecule has 0 bridgehead atoms. The summed E-state index contributed by atoms with van der Waals surface area (Å²) < 4.78 is 49.7. The Morgan fingerprint density at radius 3 is 2.62 bits per heavy atom. The third kappa shape index (κ3) is 7.96. The summed E-state index contributed by atoms with van der Waals surface area (Å²) in [5, 5.41) is 23.5. The van der Waals surface area contributed by atoms with E-state index in [9.17, 15) is 33.6 Å². The minimum atomic E-state index is -4.32. The molecule has 0 aliphatic carbocycles. The Morgan fingerprint density at radius 2 is 1.95 bits per heavy atom. The number of carbonyl (C=O) groups excluding carboxylic acids is 1. The lowest BCUT2D eigenvalue weighted by Gasteiger charge is -2.24. The van der Waals surface area contributed by atoms with E-state index in [2.05, 4.69) is 5.09 Å². The third-order valence-corrected chi connectivity index (χ3v) is 8.33. The van der Waals surface area contributed by atoms with Crippen molar-refractivity contribution in [3.63, 3.8) is 0 Å². The number of benzene rings is 1. The molecule has 0 radical (unpaired) electrons. The Bertz CT molecular complexity index is 1290. The summed E-state index contributed by atoms with van der Waals surface area (Å²) in [7, 11) is -4.32. The summed E-state index contributed by atoms with van der Waals surface area (Å²) in [6.45, 7) is 2.96. The van der Waals surface area contributed by atoms with Crippen molar-refractivity contribution in [1.82, 2.24) is 14.6 Å². The maximum absolute atomic E-state index is 14.1. The van der Waals surface area contributed by atoms with Crippen molar-refractivity contribution < 1.29 is 42.5 Å². The van der Waals surface area contributed by atoms with Gasteiger partial charge in [-0.25, -0.2) is 9.36 Å². The Hall–Kier alpha value is -2.14. The fourth-order valence-electron chi connectivity index (χ4n) is 3.63. The van der Waals surface area contributed by atoms with Gasteiger partial charge in [-0.3, -0.25) is 23.7 Å². The predicted octanol–water partition coefficient (Wildman–Crippen LogP) is 1.81. The summed E-state index contributed by atoms with van der Waals surface area (Å²) in [6, 6.07) is 6.85. The minimum absolute atomic E-state index is 0.146. The second kappa shape index (κ2) is 14.0. The molecule has 1 fully saturated rings. The Labute approximate surface area is 236 Å². The Kier molecular flexibility index (Phi) is 11.2. The van der Waals surface area contributed by atoms with Crippen LogP contribution in [0.15, 0.2) is 39.9 Å². The molecule has 0 saturated carbocycles. The van der Waals surface area contributed by atoms with Crippen molar-refractivity contribution in [2.75, 3.05) is 13.2 Å². The van der Waals surface area contributed by atoms with Crippen molar-refractivity contribution in [2.45, 2.75) is 63.7 Å². The van der Waals surface area contributed by atoms with Gasteiger partial charge in [0, 0.05) is 0 Å². The number of aromatic amines is 1. The molecular formula is C23H30FIN3O10P. The normalized spacial score (nSPS) is 23.2. The van der Waals surface area contributed by atoms with Crippen LogP contribution >= 0.6 is 30.3 Å². The molecule has 0 spiro atoms. The lowest BCUT2D eigenvalue weighted by molar-refractivity contribution is -0.145. The van der Waals surface area contributed by atoms with Crippen molar-refractivity contribution in [1.29, 1.82) is 0 Å². The summed E-state index contributed by atoms with van der Waals surface area (Å²) >= 11 is 1.40. The van der Waals surface area contributed by atoms with Crippen LogP contribution in [0.1, 0.15) is 39.3 Å². The number of carbonyl (C=O) groups is 1. The molecule has 4 N–H and O–H groups in total. The van der Waals surface area contributed by atoms with Gasteiger partial charge >= 0.3 is 19.4 Å². The van der Waals surface area contributed by atoms with Gasteiger partial charge in [0.15, 0.2) is 6.23 Å². The third-order valence-electron chi connectivity index (χ3n) is 5.70. The van der Waals surface area contributed by atoms with Gasteiger partial charge in [-0.1, -0.05) is 38.0 Å². The van der Waals surface area contributed by atoms with E-state index in [4.69, 9.17) is 18.5 Å². The average molecular weight is 685 g/mol. The molecule has 1 aromatic heterocycles. The van der Waals surface area contributed by atoms with Crippen LogP contribution < -0.4 is 20.9 Å².